The maximum atomic E-state index is 12.3. The average Bonchev–Trinajstić information content (AvgIpc) is 2.51. The molecule has 0 aliphatic rings. The number of hydrogen-bond donors (Lipinski definition) is 0. The Bertz CT molecular complexity index is 624. The molecule has 0 aliphatic heterocycles. The lowest BCUT2D eigenvalue weighted by Crippen LogP contribution is -2.05. The predicted octanol–water partition coefficient (Wildman–Crippen LogP) is 3.31. The van der Waals surface area contributed by atoms with Crippen molar-refractivity contribution in [1.29, 1.82) is 0 Å². The molecular weight excluding hydrogens is 264 g/mol. The molecule has 4 heteroatoms. The molecule has 2 aromatic rings. The monoisotopic (exact) mass is 284 g/mol. The van der Waals surface area contributed by atoms with Crippen LogP contribution in [0.3, 0.4) is 0 Å². The zero-order valence-corrected chi connectivity index (χ0v) is 12.7. The molecule has 0 saturated heterocycles. The Morgan fingerprint density at radius 3 is 2.67 bits per heavy atom. The Kier molecular flexibility index (Phi) is 5.04. The second-order valence-corrected chi connectivity index (χ2v) is 5.04. The maximum absolute atomic E-state index is 12.3. The first kappa shape index (κ1) is 15.2. The highest BCUT2D eigenvalue weighted by molar-refractivity contribution is 5.97. The fourth-order valence-electron chi connectivity index (χ4n) is 2.34. The number of ether oxygens (including phenoxy) is 1. The number of carbonyl (C=O) groups is 1. The van der Waals surface area contributed by atoms with E-state index in [1.54, 1.807) is 25.7 Å². The minimum Gasteiger partial charge on any atom is -0.496 e. The number of aromatic nitrogens is 2. The molecule has 0 amide bonds. The van der Waals surface area contributed by atoms with Gasteiger partial charge in [-0.05, 0) is 49.9 Å². The molecule has 0 radical (unpaired) electrons. The van der Waals surface area contributed by atoms with Crippen LogP contribution in [0.25, 0.3) is 0 Å². The molecule has 0 bridgehead atoms. The van der Waals surface area contributed by atoms with Crippen molar-refractivity contribution in [2.24, 2.45) is 0 Å². The van der Waals surface area contributed by atoms with E-state index in [1.807, 2.05) is 26.0 Å². The summed E-state index contributed by atoms with van der Waals surface area (Å²) in [7, 11) is 1.64. The second-order valence-electron chi connectivity index (χ2n) is 5.04. The summed E-state index contributed by atoms with van der Waals surface area (Å²) in [4.78, 5) is 20.6. The van der Waals surface area contributed by atoms with E-state index in [9.17, 15) is 4.79 Å². The number of ketones is 1. The van der Waals surface area contributed by atoms with Gasteiger partial charge < -0.3 is 4.74 Å². The van der Waals surface area contributed by atoms with Crippen molar-refractivity contribution in [3.8, 4) is 5.75 Å². The van der Waals surface area contributed by atoms with Crippen LogP contribution in [0.2, 0.25) is 0 Å². The largest absolute Gasteiger partial charge is 0.496 e. The van der Waals surface area contributed by atoms with E-state index < -0.39 is 0 Å². The summed E-state index contributed by atoms with van der Waals surface area (Å²) in [5.41, 5.74) is 3.73. The van der Waals surface area contributed by atoms with Crippen LogP contribution in [0.5, 0.6) is 5.75 Å². The zero-order valence-electron chi connectivity index (χ0n) is 12.7. The first-order valence-corrected chi connectivity index (χ1v) is 7.05. The molecule has 0 fully saturated rings. The number of benzene rings is 1. The van der Waals surface area contributed by atoms with Gasteiger partial charge in [-0.25, -0.2) is 0 Å². The lowest BCUT2D eigenvalue weighted by atomic mass is 9.96. The number of aryl methyl sites for hydroxylation is 1. The minimum absolute atomic E-state index is 0.169. The highest BCUT2D eigenvalue weighted by Gasteiger charge is 2.13. The third-order valence-corrected chi connectivity index (χ3v) is 3.71. The van der Waals surface area contributed by atoms with Crippen molar-refractivity contribution in [3.63, 3.8) is 0 Å². The van der Waals surface area contributed by atoms with Gasteiger partial charge in [0.2, 0.25) is 0 Å². The van der Waals surface area contributed by atoms with Gasteiger partial charge in [0.1, 0.15) is 5.75 Å². The molecular formula is C17H20N2O2. The molecule has 0 spiro atoms. The normalized spacial score (nSPS) is 10.4. The fourth-order valence-corrected chi connectivity index (χ4v) is 2.34. The molecule has 0 aliphatic carbocycles. The van der Waals surface area contributed by atoms with Gasteiger partial charge >= 0.3 is 0 Å². The van der Waals surface area contributed by atoms with Crippen LogP contribution in [-0.4, -0.2) is 22.9 Å². The zero-order chi connectivity index (χ0) is 15.2. The lowest BCUT2D eigenvalue weighted by Gasteiger charge is -2.11. The van der Waals surface area contributed by atoms with Gasteiger partial charge in [-0.3, -0.25) is 14.8 Å². The standard InChI is InChI=1S/C17H20N2O2/c1-12-13(2)17(21-3)8-7-15(12)16(20)6-4-5-14-11-18-9-10-19-14/h7-11H,4-6H2,1-3H3. The average molecular weight is 284 g/mol. The van der Waals surface area contributed by atoms with E-state index in [2.05, 4.69) is 9.97 Å². The first-order valence-electron chi connectivity index (χ1n) is 7.05. The molecule has 0 unspecified atom stereocenters. The molecule has 1 aromatic heterocycles. The lowest BCUT2D eigenvalue weighted by molar-refractivity contribution is 0.0979. The molecule has 1 heterocycles. The van der Waals surface area contributed by atoms with Crippen LogP contribution >= 0.6 is 0 Å². The molecule has 21 heavy (non-hydrogen) atoms. The van der Waals surface area contributed by atoms with Crippen LogP contribution < -0.4 is 4.74 Å². The molecule has 1 aromatic carbocycles. The van der Waals surface area contributed by atoms with E-state index >= 15 is 0 Å². The molecule has 110 valence electrons. The number of Topliss-reactive ketones (excluding diaryl/α,β-unsaturated/α-hetero) is 1. The van der Waals surface area contributed by atoms with Gasteiger partial charge in [0.15, 0.2) is 5.78 Å². The summed E-state index contributed by atoms with van der Waals surface area (Å²) in [6.45, 7) is 3.94. The summed E-state index contributed by atoms with van der Waals surface area (Å²) >= 11 is 0. The summed E-state index contributed by atoms with van der Waals surface area (Å²) in [6, 6.07) is 3.71. The fraction of sp³-hybridized carbons (Fsp3) is 0.353. The topological polar surface area (TPSA) is 52.1 Å². The van der Waals surface area contributed by atoms with Crippen molar-refractivity contribution in [1.82, 2.24) is 9.97 Å². The highest BCUT2D eigenvalue weighted by atomic mass is 16.5. The van der Waals surface area contributed by atoms with Gasteiger partial charge in [0.05, 0.1) is 12.8 Å². The van der Waals surface area contributed by atoms with Crippen LogP contribution in [-0.2, 0) is 6.42 Å². The Balaban J connectivity index is 1.99. The van der Waals surface area contributed by atoms with Crippen LogP contribution in [0.15, 0.2) is 30.7 Å². The summed E-state index contributed by atoms with van der Waals surface area (Å²) in [6.07, 6.45) is 7.14. The van der Waals surface area contributed by atoms with Gasteiger partial charge in [0, 0.05) is 30.6 Å². The van der Waals surface area contributed by atoms with Crippen molar-refractivity contribution >= 4 is 5.78 Å². The maximum Gasteiger partial charge on any atom is 0.163 e. The van der Waals surface area contributed by atoms with Gasteiger partial charge in [-0.15, -0.1) is 0 Å². The summed E-state index contributed by atoms with van der Waals surface area (Å²) in [5.74, 6) is 0.991. The van der Waals surface area contributed by atoms with Gasteiger partial charge in [0.25, 0.3) is 0 Å². The predicted molar refractivity (Wildman–Crippen MR) is 81.8 cm³/mol. The Morgan fingerprint density at radius 1 is 1.19 bits per heavy atom. The van der Waals surface area contributed by atoms with E-state index in [4.69, 9.17) is 4.74 Å². The molecule has 0 saturated carbocycles. The van der Waals surface area contributed by atoms with Crippen LogP contribution in [0.1, 0.15) is 40.0 Å². The van der Waals surface area contributed by atoms with E-state index in [0.29, 0.717) is 6.42 Å². The summed E-state index contributed by atoms with van der Waals surface area (Å²) < 4.78 is 5.27. The molecule has 4 nitrogen and oxygen atoms in total. The number of methoxy groups -OCH3 is 1. The Morgan fingerprint density at radius 2 is 2.00 bits per heavy atom. The highest BCUT2D eigenvalue weighted by Crippen LogP contribution is 2.25. The third-order valence-electron chi connectivity index (χ3n) is 3.71. The SMILES string of the molecule is COc1ccc(C(=O)CCCc2cnccn2)c(C)c1C. The summed E-state index contributed by atoms with van der Waals surface area (Å²) in [5, 5.41) is 0. The van der Waals surface area contributed by atoms with E-state index in [1.165, 1.54) is 0 Å². The van der Waals surface area contributed by atoms with Crippen molar-refractivity contribution < 1.29 is 9.53 Å². The molecule has 0 atom stereocenters. The third kappa shape index (κ3) is 3.66. The molecule has 0 N–H and O–H groups in total. The Labute approximate surface area is 125 Å². The second kappa shape index (κ2) is 6.97. The van der Waals surface area contributed by atoms with Gasteiger partial charge in [-0.2, -0.15) is 0 Å². The van der Waals surface area contributed by atoms with E-state index in [-0.39, 0.29) is 5.78 Å². The van der Waals surface area contributed by atoms with Crippen molar-refractivity contribution in [3.05, 3.63) is 53.1 Å². The molecule has 2 rings (SSSR count). The number of hydrogen-bond acceptors (Lipinski definition) is 4. The number of carbonyl (C=O) groups excluding carboxylic acids is 1. The van der Waals surface area contributed by atoms with E-state index in [0.717, 1.165) is 41.0 Å². The minimum atomic E-state index is 0.169. The van der Waals surface area contributed by atoms with Gasteiger partial charge in [-0.1, -0.05) is 0 Å². The quantitative estimate of drug-likeness (QED) is 0.764. The Hall–Kier alpha value is -2.23. The van der Waals surface area contributed by atoms with Crippen molar-refractivity contribution in [2.75, 3.05) is 7.11 Å². The smallest absolute Gasteiger partial charge is 0.163 e. The van der Waals surface area contributed by atoms with Crippen molar-refractivity contribution in [2.45, 2.75) is 33.1 Å². The first-order chi connectivity index (χ1) is 10.1. The van der Waals surface area contributed by atoms with Crippen LogP contribution in [0, 0.1) is 13.8 Å². The van der Waals surface area contributed by atoms with Crippen LogP contribution in [0.4, 0.5) is 0 Å². The number of nitrogens with zero attached hydrogens (tertiary/aromatic N) is 2. The number of rotatable bonds is 6.